The Balaban J connectivity index is 0.000000627. The van der Waals surface area contributed by atoms with Gasteiger partial charge in [0.2, 0.25) is 0 Å². The van der Waals surface area contributed by atoms with Crippen LogP contribution in [0.3, 0.4) is 0 Å². The van der Waals surface area contributed by atoms with Crippen LogP contribution in [-0.4, -0.2) is 82.4 Å². The highest BCUT2D eigenvalue weighted by atomic mass is 16.5. The number of nitrogens with zero attached hydrogens (tertiary/aromatic N) is 3. The van der Waals surface area contributed by atoms with Crippen molar-refractivity contribution in [2.24, 2.45) is 0 Å². The fourth-order valence-electron chi connectivity index (χ4n) is 6.00. The highest BCUT2D eigenvalue weighted by molar-refractivity contribution is 5.89. The van der Waals surface area contributed by atoms with Crippen molar-refractivity contribution in [2.45, 2.75) is 45.9 Å². The average Bonchev–Trinajstić information content (AvgIpc) is 3.15. The van der Waals surface area contributed by atoms with E-state index in [1.807, 2.05) is 24.3 Å². The Morgan fingerprint density at radius 1 is 0.640 bits per heavy atom. The summed E-state index contributed by atoms with van der Waals surface area (Å²) < 4.78 is 12.7. The van der Waals surface area contributed by atoms with Crippen LogP contribution < -0.4 is 9.47 Å². The Bertz CT molecular complexity index is 1590. The van der Waals surface area contributed by atoms with Crippen molar-refractivity contribution in [2.75, 3.05) is 39.3 Å². The molecule has 1 saturated heterocycles. The standard InChI is InChI=1S/C37H45N3O2.C4H4O4/c1-3-39(4-2)40-24-22-38(23-25-40)35(26-31-14-8-5-9-15-31)27-34-20-21-36(41-29-32-16-10-6-11-17-32)37(28-34)42-30-33-18-12-7-13-19-33;5-3(6)1-2-4(7)8/h5-21,28,35H,3-4,22-27,29-30H2,1-2H3;1-2H,(H,5,6)(H,7,8)/b;2-1+. The first-order chi connectivity index (χ1) is 24.3. The molecule has 0 aliphatic carbocycles. The molecule has 9 nitrogen and oxygen atoms in total. The minimum Gasteiger partial charge on any atom is -0.485 e. The molecule has 0 spiro atoms. The van der Waals surface area contributed by atoms with Gasteiger partial charge in [0.25, 0.3) is 0 Å². The molecule has 0 saturated carbocycles. The van der Waals surface area contributed by atoms with Gasteiger partial charge in [0.15, 0.2) is 11.5 Å². The molecular formula is C41H49N3O6. The third-order valence-corrected chi connectivity index (χ3v) is 8.57. The number of piperazine rings is 1. The lowest BCUT2D eigenvalue weighted by molar-refractivity contribution is -0.134. The third-order valence-electron chi connectivity index (χ3n) is 8.57. The minimum absolute atomic E-state index is 0.407. The number of benzene rings is 4. The number of hydrogen-bond donors (Lipinski definition) is 2. The lowest BCUT2D eigenvalue weighted by atomic mass is 9.96. The zero-order chi connectivity index (χ0) is 35.6. The number of hydrogen-bond acceptors (Lipinski definition) is 7. The van der Waals surface area contributed by atoms with Crippen molar-refractivity contribution in [1.29, 1.82) is 0 Å². The SMILES string of the molecule is CCN(CC)N1CCN(C(Cc2ccccc2)Cc2ccc(OCc3ccccc3)c(OCc3ccccc3)c2)CC1.O=C(O)/C=C/C(=O)O. The predicted molar refractivity (Wildman–Crippen MR) is 196 cm³/mol. The van der Waals surface area contributed by atoms with E-state index >= 15 is 0 Å². The van der Waals surface area contributed by atoms with E-state index in [1.165, 1.54) is 11.1 Å². The summed E-state index contributed by atoms with van der Waals surface area (Å²) in [4.78, 5) is 21.8. The number of ether oxygens (including phenoxy) is 2. The smallest absolute Gasteiger partial charge is 0.328 e. The second kappa shape index (κ2) is 20.5. The first kappa shape index (κ1) is 37.9. The lowest BCUT2D eigenvalue weighted by Gasteiger charge is -2.43. The van der Waals surface area contributed by atoms with Crippen LogP contribution in [0.15, 0.2) is 121 Å². The van der Waals surface area contributed by atoms with E-state index in [4.69, 9.17) is 19.7 Å². The lowest BCUT2D eigenvalue weighted by Crippen LogP contribution is -2.56. The summed E-state index contributed by atoms with van der Waals surface area (Å²) in [5, 5.41) is 20.6. The Labute approximate surface area is 296 Å². The van der Waals surface area contributed by atoms with Crippen LogP contribution in [0.1, 0.15) is 36.1 Å². The molecule has 0 amide bonds. The summed E-state index contributed by atoms with van der Waals surface area (Å²) in [5.74, 6) is -0.928. The molecule has 1 heterocycles. The maximum atomic E-state index is 9.55. The number of aliphatic carboxylic acids is 2. The molecule has 1 fully saturated rings. The summed E-state index contributed by atoms with van der Waals surface area (Å²) >= 11 is 0. The second-order valence-electron chi connectivity index (χ2n) is 12.0. The summed E-state index contributed by atoms with van der Waals surface area (Å²) in [6.45, 7) is 11.9. The number of carboxylic acid groups (broad SMARTS) is 2. The van der Waals surface area contributed by atoms with E-state index in [-0.39, 0.29) is 0 Å². The number of carbonyl (C=O) groups is 2. The molecule has 9 heteroatoms. The van der Waals surface area contributed by atoms with Crippen LogP contribution in [0, 0.1) is 0 Å². The summed E-state index contributed by atoms with van der Waals surface area (Å²) in [6, 6.07) is 38.5. The number of hydrazine groups is 1. The fraction of sp³-hybridized carbons (Fsp3) is 0.317. The normalized spacial score (nSPS) is 14.1. The van der Waals surface area contributed by atoms with Crippen molar-refractivity contribution < 1.29 is 29.3 Å². The average molecular weight is 680 g/mol. The Morgan fingerprint density at radius 3 is 1.58 bits per heavy atom. The first-order valence-corrected chi connectivity index (χ1v) is 17.2. The van der Waals surface area contributed by atoms with E-state index in [0.717, 1.165) is 74.7 Å². The first-order valence-electron chi connectivity index (χ1n) is 17.2. The van der Waals surface area contributed by atoms with E-state index < -0.39 is 11.9 Å². The molecule has 0 bridgehead atoms. The Morgan fingerprint density at radius 2 is 1.10 bits per heavy atom. The van der Waals surface area contributed by atoms with Crippen LogP contribution in [0.25, 0.3) is 0 Å². The van der Waals surface area contributed by atoms with Crippen molar-refractivity contribution in [3.05, 3.63) is 144 Å². The molecule has 4 aromatic rings. The zero-order valence-corrected chi connectivity index (χ0v) is 29.1. The Hall–Kier alpha value is -4.96. The summed E-state index contributed by atoms with van der Waals surface area (Å²) in [7, 11) is 0. The van der Waals surface area contributed by atoms with Gasteiger partial charge in [0.1, 0.15) is 13.2 Å². The number of carboxylic acids is 2. The molecule has 2 N–H and O–H groups in total. The molecule has 1 unspecified atom stereocenters. The van der Waals surface area contributed by atoms with Gasteiger partial charge in [-0.1, -0.05) is 111 Å². The summed E-state index contributed by atoms with van der Waals surface area (Å²) in [5.41, 5.74) is 4.95. The van der Waals surface area contributed by atoms with Crippen LogP contribution in [0.5, 0.6) is 11.5 Å². The van der Waals surface area contributed by atoms with Gasteiger partial charge in [-0.25, -0.2) is 19.6 Å². The fourth-order valence-corrected chi connectivity index (χ4v) is 6.00. The minimum atomic E-state index is -1.26. The van der Waals surface area contributed by atoms with Crippen LogP contribution in [0.2, 0.25) is 0 Å². The van der Waals surface area contributed by atoms with Crippen molar-refractivity contribution in [1.82, 2.24) is 14.9 Å². The van der Waals surface area contributed by atoms with Crippen LogP contribution >= 0.6 is 0 Å². The van der Waals surface area contributed by atoms with Gasteiger partial charge in [-0.3, -0.25) is 4.90 Å². The van der Waals surface area contributed by atoms with Crippen molar-refractivity contribution in [3.8, 4) is 11.5 Å². The molecule has 5 rings (SSSR count). The predicted octanol–water partition coefficient (Wildman–Crippen LogP) is 6.58. The molecule has 0 aromatic heterocycles. The molecule has 1 aliphatic heterocycles. The molecule has 1 atom stereocenters. The van der Waals surface area contributed by atoms with Gasteiger partial charge in [-0.05, 0) is 47.2 Å². The molecule has 1 aliphatic rings. The Kier molecular flexibility index (Phi) is 15.5. The van der Waals surface area contributed by atoms with Crippen molar-refractivity contribution in [3.63, 3.8) is 0 Å². The molecular weight excluding hydrogens is 630 g/mol. The third kappa shape index (κ3) is 12.8. The molecule has 0 radical (unpaired) electrons. The summed E-state index contributed by atoms with van der Waals surface area (Å²) in [6.07, 6.45) is 3.10. The zero-order valence-electron chi connectivity index (χ0n) is 29.1. The van der Waals surface area contributed by atoms with E-state index in [2.05, 4.69) is 114 Å². The number of rotatable bonds is 16. The van der Waals surface area contributed by atoms with Crippen LogP contribution in [-0.2, 0) is 35.6 Å². The van der Waals surface area contributed by atoms with Gasteiger partial charge in [-0.15, -0.1) is 0 Å². The monoisotopic (exact) mass is 679 g/mol. The highest BCUT2D eigenvalue weighted by Gasteiger charge is 2.26. The highest BCUT2D eigenvalue weighted by Crippen LogP contribution is 2.31. The van der Waals surface area contributed by atoms with Gasteiger partial charge >= 0.3 is 11.9 Å². The maximum absolute atomic E-state index is 9.55. The van der Waals surface area contributed by atoms with Gasteiger partial charge in [0.05, 0.1) is 0 Å². The van der Waals surface area contributed by atoms with Gasteiger partial charge in [-0.2, -0.15) is 0 Å². The molecule has 4 aromatic carbocycles. The van der Waals surface area contributed by atoms with Crippen molar-refractivity contribution >= 4 is 11.9 Å². The maximum Gasteiger partial charge on any atom is 0.328 e. The largest absolute Gasteiger partial charge is 0.485 e. The topological polar surface area (TPSA) is 103 Å². The van der Waals surface area contributed by atoms with E-state index in [9.17, 15) is 9.59 Å². The van der Waals surface area contributed by atoms with E-state index in [1.54, 1.807) is 0 Å². The van der Waals surface area contributed by atoms with Gasteiger partial charge in [0, 0.05) is 57.5 Å². The molecule has 50 heavy (non-hydrogen) atoms. The van der Waals surface area contributed by atoms with Gasteiger partial charge < -0.3 is 19.7 Å². The van der Waals surface area contributed by atoms with E-state index in [0.29, 0.717) is 31.4 Å². The quantitative estimate of drug-likeness (QED) is 0.127. The van der Waals surface area contributed by atoms with Crippen LogP contribution in [0.4, 0.5) is 0 Å². The molecule has 264 valence electrons. The second-order valence-corrected chi connectivity index (χ2v) is 12.0.